The van der Waals surface area contributed by atoms with Gasteiger partial charge in [0, 0.05) is 91.5 Å². The smallest absolute Gasteiger partial charge is 0.321 e. The SMILES string of the molecule is CCC(=O)NCCNC(=O)NC(N)=NCCC[C@@H](NC(=O)C(c1ccccc1)c1cccc(OCCCCNC(=O)CNC(=O)[C@@H](CC(N)=O)NC(C=O)N2CCN(CC(=O)O)CCN(CC(=O)O)CCN(CC(=O)O)CC2)c1)C(=O)NCc1ccc(O)cc1. The van der Waals surface area contributed by atoms with E-state index < -0.39 is 104 Å². The molecule has 492 valence electrons. The molecule has 31 heteroatoms. The molecule has 0 radical (unpaired) electrons. The number of nitrogens with one attached hydrogen (secondary N) is 8. The lowest BCUT2D eigenvalue weighted by Gasteiger charge is -2.36. The molecular weight excluding hydrogens is 1170 g/mol. The third-order valence-corrected chi connectivity index (χ3v) is 14.0. The van der Waals surface area contributed by atoms with Gasteiger partial charge in [-0.25, -0.2) is 4.79 Å². The van der Waals surface area contributed by atoms with Crippen LogP contribution in [-0.2, 0) is 54.5 Å². The molecule has 1 aliphatic rings. The predicted octanol–water partition coefficient (Wildman–Crippen LogP) is -2.53. The van der Waals surface area contributed by atoms with Crippen molar-refractivity contribution < 1.29 is 77.9 Å². The summed E-state index contributed by atoms with van der Waals surface area (Å²) in [7, 11) is 0. The number of aliphatic carboxylic acids is 3. The number of carboxylic acid groups (broad SMARTS) is 3. The summed E-state index contributed by atoms with van der Waals surface area (Å²) >= 11 is 0. The fourth-order valence-corrected chi connectivity index (χ4v) is 9.31. The second-order valence-electron chi connectivity index (χ2n) is 21.0. The molecule has 90 heavy (non-hydrogen) atoms. The third-order valence-electron chi connectivity index (χ3n) is 14.0. The van der Waals surface area contributed by atoms with Crippen LogP contribution in [0.3, 0.4) is 0 Å². The average Bonchev–Trinajstić information content (AvgIpc) is 1.01. The molecule has 0 aromatic heterocycles. The number of unbranched alkanes of at least 4 members (excludes halogenated alkanes) is 1. The second kappa shape index (κ2) is 40.3. The fourth-order valence-electron chi connectivity index (χ4n) is 9.31. The summed E-state index contributed by atoms with van der Waals surface area (Å²) in [4.78, 5) is 149. The molecule has 3 aromatic carbocycles. The van der Waals surface area contributed by atoms with Crippen LogP contribution in [0, 0.1) is 0 Å². The van der Waals surface area contributed by atoms with E-state index in [2.05, 4.69) is 47.5 Å². The Morgan fingerprint density at radius 3 is 1.80 bits per heavy atom. The van der Waals surface area contributed by atoms with E-state index in [0.29, 0.717) is 48.0 Å². The quantitative estimate of drug-likeness (QED) is 0.0124. The Hall–Kier alpha value is -9.30. The zero-order valence-electron chi connectivity index (χ0n) is 50.4. The van der Waals surface area contributed by atoms with E-state index in [4.69, 9.17) is 16.2 Å². The first-order chi connectivity index (χ1) is 43.1. The van der Waals surface area contributed by atoms with Crippen LogP contribution in [0.15, 0.2) is 83.9 Å². The number of rotatable bonds is 36. The molecule has 8 amide bonds. The Morgan fingerprint density at radius 1 is 0.633 bits per heavy atom. The number of carbonyl (C=O) groups excluding carboxylic acids is 8. The standard InChI is InChI=1S/C59H85N15O16/c1-2-49(78)63-21-22-65-59(89)70-58(61)64-20-9-14-45(55(86)66-34-40-15-17-43(76)18-16-40)69-57(88)54(41-10-4-3-5-11-41)42-12-8-13-44(32-42)90-31-7-6-19-62-50(79)35-67-56(87)46(33-47(60)77)68-48(39-75)74-29-27-72(37-52(82)83)25-23-71(36-51(80)81)24-26-73(28-30-74)38-53(84)85/h3-5,8,10-13,15-18,32,39,45-46,48,54,68,76H,2,6-7,9,14,19-31,33-38H2,1H3,(H2,60,77)(H,62,79)(H,63,78)(H,66,86)(H,67,87)(H,69,88)(H,80,81)(H,82,83)(H,84,85)(H4,61,64,65,70,89)/t45-,46-,48?,54?/m1/s1. The van der Waals surface area contributed by atoms with E-state index >= 15 is 0 Å². The van der Waals surface area contributed by atoms with Gasteiger partial charge in [0.05, 0.1) is 51.2 Å². The Balaban J connectivity index is 1.34. The molecular formula is C59H85N15O16. The number of carbonyl (C=O) groups is 11. The van der Waals surface area contributed by atoms with Crippen molar-refractivity contribution in [2.24, 2.45) is 16.5 Å². The van der Waals surface area contributed by atoms with Crippen LogP contribution in [0.2, 0.25) is 0 Å². The zero-order valence-corrected chi connectivity index (χ0v) is 50.4. The van der Waals surface area contributed by atoms with Crippen LogP contribution in [-0.4, -0.2) is 241 Å². The summed E-state index contributed by atoms with van der Waals surface area (Å²) in [6.07, 6.45) is 0.180. The zero-order chi connectivity index (χ0) is 65.8. The van der Waals surface area contributed by atoms with E-state index in [9.17, 15) is 73.2 Å². The predicted molar refractivity (Wildman–Crippen MR) is 327 cm³/mol. The average molecular weight is 1260 g/mol. The monoisotopic (exact) mass is 1260 g/mol. The van der Waals surface area contributed by atoms with Crippen LogP contribution in [0.4, 0.5) is 4.79 Å². The van der Waals surface area contributed by atoms with Gasteiger partial charge in [-0.2, -0.15) is 0 Å². The van der Waals surface area contributed by atoms with Crippen LogP contribution in [0.1, 0.15) is 68.1 Å². The van der Waals surface area contributed by atoms with Gasteiger partial charge in [-0.1, -0.05) is 61.5 Å². The van der Waals surface area contributed by atoms with Crippen molar-refractivity contribution in [1.82, 2.24) is 62.1 Å². The van der Waals surface area contributed by atoms with Crippen molar-refractivity contribution in [2.45, 2.75) is 76.2 Å². The minimum Gasteiger partial charge on any atom is -0.508 e. The highest BCUT2D eigenvalue weighted by molar-refractivity contribution is 5.95. The number of hydrogen-bond acceptors (Lipinski definition) is 19. The second-order valence-corrected chi connectivity index (χ2v) is 21.0. The maximum absolute atomic E-state index is 14.5. The number of hydrogen-bond donors (Lipinski definition) is 14. The fraction of sp³-hybridized carbons (Fsp3) is 0.492. The number of carboxylic acids is 3. The van der Waals surface area contributed by atoms with Gasteiger partial charge in [-0.3, -0.25) is 78.4 Å². The molecule has 4 rings (SSSR count). The molecule has 0 bridgehead atoms. The van der Waals surface area contributed by atoms with Gasteiger partial charge in [-0.15, -0.1) is 0 Å². The highest BCUT2D eigenvalue weighted by Gasteiger charge is 2.31. The molecule has 16 N–H and O–H groups in total. The largest absolute Gasteiger partial charge is 0.508 e. The van der Waals surface area contributed by atoms with E-state index in [-0.39, 0.29) is 129 Å². The number of urea groups is 1. The van der Waals surface area contributed by atoms with E-state index in [1.807, 2.05) is 0 Å². The number of nitrogens with zero attached hydrogens (tertiary/aromatic N) is 5. The number of phenolic OH excluding ortho intramolecular Hbond substituents is 1. The number of guanidine groups is 1. The molecule has 31 nitrogen and oxygen atoms in total. The number of primary amides is 1. The first kappa shape index (κ1) is 73.2. The first-order valence-corrected chi connectivity index (χ1v) is 29.5. The number of aliphatic imine (C=N–C) groups is 1. The maximum atomic E-state index is 14.5. The van der Waals surface area contributed by atoms with Gasteiger partial charge in [0.25, 0.3) is 0 Å². The van der Waals surface area contributed by atoms with Crippen LogP contribution in [0.5, 0.6) is 11.5 Å². The van der Waals surface area contributed by atoms with E-state index in [1.54, 1.807) is 93.3 Å². The third kappa shape index (κ3) is 29.1. The summed E-state index contributed by atoms with van der Waals surface area (Å²) in [6.45, 7) is 1.62. The molecule has 0 saturated carbocycles. The van der Waals surface area contributed by atoms with Gasteiger partial charge < -0.3 is 73.3 Å². The Kier molecular flexibility index (Phi) is 32.7. The number of aldehydes is 1. The minimum atomic E-state index is -1.42. The summed E-state index contributed by atoms with van der Waals surface area (Å²) < 4.78 is 6.09. The van der Waals surface area contributed by atoms with Crippen molar-refractivity contribution in [1.29, 1.82) is 0 Å². The van der Waals surface area contributed by atoms with E-state index in [1.165, 1.54) is 12.1 Å². The molecule has 1 heterocycles. The number of aromatic hydroxyl groups is 1. The van der Waals surface area contributed by atoms with Crippen LogP contribution < -0.4 is 58.7 Å². The Labute approximate surface area is 521 Å². The van der Waals surface area contributed by atoms with Crippen LogP contribution >= 0.6 is 0 Å². The van der Waals surface area contributed by atoms with Gasteiger partial charge in [0.2, 0.25) is 35.4 Å². The Bertz CT molecular complexity index is 2840. The van der Waals surface area contributed by atoms with Crippen molar-refractivity contribution in [2.75, 3.05) is 111 Å². The number of nitrogens with two attached hydrogens (primary N) is 2. The molecule has 4 atom stereocenters. The molecule has 1 saturated heterocycles. The van der Waals surface area contributed by atoms with E-state index in [0.717, 1.165) is 0 Å². The first-order valence-electron chi connectivity index (χ1n) is 29.5. The van der Waals surface area contributed by atoms with Crippen LogP contribution in [0.25, 0.3) is 0 Å². The lowest BCUT2D eigenvalue weighted by Crippen LogP contribution is -2.59. The lowest BCUT2D eigenvalue weighted by molar-refractivity contribution is -0.140. The molecule has 1 fully saturated rings. The highest BCUT2D eigenvalue weighted by Crippen LogP contribution is 2.28. The normalized spacial score (nSPS) is 15.1. The maximum Gasteiger partial charge on any atom is 0.321 e. The molecule has 3 aromatic rings. The highest BCUT2D eigenvalue weighted by atomic mass is 16.5. The summed E-state index contributed by atoms with van der Waals surface area (Å²) in [6, 6.07) is 19.0. The Morgan fingerprint density at radius 2 is 1.21 bits per heavy atom. The van der Waals surface area contributed by atoms with Gasteiger partial charge >= 0.3 is 23.9 Å². The molecule has 1 aliphatic heterocycles. The number of benzene rings is 3. The number of phenols is 1. The summed E-state index contributed by atoms with van der Waals surface area (Å²) in [5, 5.41) is 59.8. The lowest BCUT2D eigenvalue weighted by atomic mass is 9.90. The van der Waals surface area contributed by atoms with Gasteiger partial charge in [0.1, 0.15) is 23.7 Å². The number of ether oxygens (including phenoxy) is 1. The topological polar surface area (TPSA) is 452 Å². The molecule has 0 spiro atoms. The summed E-state index contributed by atoms with van der Waals surface area (Å²) in [5.74, 6) is -7.49. The van der Waals surface area contributed by atoms with Crippen molar-refractivity contribution in [3.8, 4) is 11.5 Å². The van der Waals surface area contributed by atoms with Crippen molar-refractivity contribution >= 4 is 71.6 Å². The molecule has 0 aliphatic carbocycles. The minimum absolute atomic E-state index is 0.0176. The van der Waals surface area contributed by atoms with Crippen molar-refractivity contribution in [3.05, 3.63) is 95.6 Å². The number of amides is 8. The summed E-state index contributed by atoms with van der Waals surface area (Å²) in [5.41, 5.74) is 13.3. The van der Waals surface area contributed by atoms with Crippen molar-refractivity contribution in [3.63, 3.8) is 0 Å². The van der Waals surface area contributed by atoms with Gasteiger partial charge in [0.15, 0.2) is 12.2 Å². The molecule has 2 unspecified atom stereocenters. The van der Waals surface area contributed by atoms with Gasteiger partial charge in [-0.05, 0) is 66.6 Å².